The molecule has 1 aliphatic rings. The van der Waals surface area contributed by atoms with Crippen molar-refractivity contribution < 1.29 is 8.42 Å². The number of nitrogens with one attached hydrogen (secondary N) is 1. The predicted molar refractivity (Wildman–Crippen MR) is 96.5 cm³/mol. The standard InChI is InChI=1S/C15H21ClN2O2S2/c1-3-7-18(13-6-8-22(19,20)10-13)15(21)17-12-5-4-11(2)14(16)9-12/h4-5,9,13H,3,6-8,10H2,1-2H3,(H,17,21)/t13-/m0/s1. The molecular formula is C15H21ClN2O2S2. The number of aryl methyl sites for hydroxylation is 1. The molecule has 122 valence electrons. The fourth-order valence-corrected chi connectivity index (χ4v) is 4.85. The first-order chi connectivity index (χ1) is 10.3. The zero-order chi connectivity index (χ0) is 16.3. The van der Waals surface area contributed by atoms with E-state index in [0.717, 1.165) is 24.2 Å². The van der Waals surface area contributed by atoms with Gasteiger partial charge in [0.05, 0.1) is 11.5 Å². The molecule has 1 fully saturated rings. The van der Waals surface area contributed by atoms with Gasteiger partial charge in [-0.1, -0.05) is 24.6 Å². The molecular weight excluding hydrogens is 340 g/mol. The van der Waals surface area contributed by atoms with Gasteiger partial charge in [-0.15, -0.1) is 0 Å². The van der Waals surface area contributed by atoms with Gasteiger partial charge in [0.25, 0.3) is 0 Å². The van der Waals surface area contributed by atoms with Crippen molar-refractivity contribution in [3.8, 4) is 0 Å². The van der Waals surface area contributed by atoms with Gasteiger partial charge in [-0.3, -0.25) is 0 Å². The van der Waals surface area contributed by atoms with E-state index in [9.17, 15) is 8.42 Å². The van der Waals surface area contributed by atoms with Crippen molar-refractivity contribution in [1.82, 2.24) is 4.90 Å². The van der Waals surface area contributed by atoms with Crippen LogP contribution in [-0.4, -0.2) is 42.5 Å². The summed E-state index contributed by atoms with van der Waals surface area (Å²) in [6, 6.07) is 5.64. The summed E-state index contributed by atoms with van der Waals surface area (Å²) in [6.45, 7) is 4.74. The van der Waals surface area contributed by atoms with Crippen molar-refractivity contribution in [3.63, 3.8) is 0 Å². The summed E-state index contributed by atoms with van der Waals surface area (Å²) in [4.78, 5) is 1.99. The maximum atomic E-state index is 11.7. The Kier molecular flexibility index (Phi) is 5.69. The Morgan fingerprint density at radius 1 is 1.50 bits per heavy atom. The van der Waals surface area contributed by atoms with Crippen molar-refractivity contribution in [2.24, 2.45) is 0 Å². The first-order valence-electron chi connectivity index (χ1n) is 7.36. The van der Waals surface area contributed by atoms with Gasteiger partial charge in [0.15, 0.2) is 14.9 Å². The number of nitrogens with zero attached hydrogens (tertiary/aromatic N) is 1. The lowest BCUT2D eigenvalue weighted by Crippen LogP contribution is -2.43. The first kappa shape index (κ1) is 17.5. The second-order valence-corrected chi connectivity index (χ2v) is 8.67. The summed E-state index contributed by atoms with van der Waals surface area (Å²) in [5.41, 5.74) is 1.83. The summed E-state index contributed by atoms with van der Waals surface area (Å²) in [6.07, 6.45) is 1.55. The Hall–Kier alpha value is -0.850. The number of thiocarbonyl (C=S) groups is 1. The highest BCUT2D eigenvalue weighted by atomic mass is 35.5. The Morgan fingerprint density at radius 2 is 2.23 bits per heavy atom. The van der Waals surface area contributed by atoms with Gasteiger partial charge in [0.2, 0.25) is 0 Å². The SMILES string of the molecule is CCCN(C(=S)Nc1ccc(C)c(Cl)c1)[C@H]1CCS(=O)(=O)C1. The number of sulfone groups is 1. The van der Waals surface area contributed by atoms with Crippen molar-refractivity contribution in [2.75, 3.05) is 23.4 Å². The Balaban J connectivity index is 2.11. The van der Waals surface area contributed by atoms with Crippen molar-refractivity contribution in [3.05, 3.63) is 28.8 Å². The molecule has 0 saturated carbocycles. The number of anilines is 1. The number of hydrogen-bond acceptors (Lipinski definition) is 3. The van der Waals surface area contributed by atoms with Gasteiger partial charge in [-0.2, -0.15) is 0 Å². The lowest BCUT2D eigenvalue weighted by molar-refractivity contribution is 0.339. The molecule has 0 aromatic heterocycles. The summed E-state index contributed by atoms with van der Waals surface area (Å²) in [5.74, 6) is 0.431. The smallest absolute Gasteiger partial charge is 0.173 e. The van der Waals surface area contributed by atoms with Crippen LogP contribution in [0.2, 0.25) is 5.02 Å². The van der Waals surface area contributed by atoms with Gasteiger partial charge in [-0.05, 0) is 49.7 Å². The van der Waals surface area contributed by atoms with Gasteiger partial charge in [0, 0.05) is 23.3 Å². The molecule has 0 aliphatic carbocycles. The molecule has 2 rings (SSSR count). The molecule has 0 amide bonds. The molecule has 0 bridgehead atoms. The third kappa shape index (κ3) is 4.33. The minimum Gasteiger partial charge on any atom is -0.345 e. The van der Waals surface area contributed by atoms with Crippen LogP contribution < -0.4 is 5.32 Å². The van der Waals surface area contributed by atoms with Crippen molar-refractivity contribution >= 4 is 44.5 Å². The molecule has 1 aliphatic heterocycles. The quantitative estimate of drug-likeness (QED) is 0.835. The lowest BCUT2D eigenvalue weighted by atomic mass is 10.2. The van der Waals surface area contributed by atoms with Crippen LogP contribution >= 0.6 is 23.8 Å². The Morgan fingerprint density at radius 3 is 2.77 bits per heavy atom. The average molecular weight is 361 g/mol. The highest BCUT2D eigenvalue weighted by Crippen LogP contribution is 2.22. The van der Waals surface area contributed by atoms with E-state index in [1.54, 1.807) is 0 Å². The molecule has 7 heteroatoms. The van der Waals surface area contributed by atoms with Crippen LogP contribution in [0.5, 0.6) is 0 Å². The van der Waals surface area contributed by atoms with Crippen LogP contribution in [0.25, 0.3) is 0 Å². The summed E-state index contributed by atoms with van der Waals surface area (Å²) < 4.78 is 23.4. The van der Waals surface area contributed by atoms with Crippen molar-refractivity contribution in [2.45, 2.75) is 32.7 Å². The highest BCUT2D eigenvalue weighted by molar-refractivity contribution is 7.91. The summed E-state index contributed by atoms with van der Waals surface area (Å²) >= 11 is 11.6. The molecule has 1 saturated heterocycles. The normalized spacial score (nSPS) is 19.9. The van der Waals surface area contributed by atoms with E-state index in [0.29, 0.717) is 16.6 Å². The van der Waals surface area contributed by atoms with Gasteiger partial charge >= 0.3 is 0 Å². The van der Waals surface area contributed by atoms with E-state index >= 15 is 0 Å². The van der Waals surface area contributed by atoms with E-state index in [1.807, 2.05) is 30.0 Å². The van der Waals surface area contributed by atoms with E-state index in [4.69, 9.17) is 23.8 Å². The Bertz CT molecular complexity index is 662. The minimum atomic E-state index is -2.93. The first-order valence-corrected chi connectivity index (χ1v) is 9.97. The van der Waals surface area contributed by atoms with Crippen LogP contribution in [0, 0.1) is 6.92 Å². The van der Waals surface area contributed by atoms with Crippen LogP contribution in [-0.2, 0) is 9.84 Å². The van der Waals surface area contributed by atoms with Crippen LogP contribution in [0.4, 0.5) is 5.69 Å². The molecule has 1 aromatic rings. The monoisotopic (exact) mass is 360 g/mol. The fraction of sp³-hybridized carbons (Fsp3) is 0.533. The molecule has 22 heavy (non-hydrogen) atoms. The highest BCUT2D eigenvalue weighted by Gasteiger charge is 2.33. The number of benzene rings is 1. The number of rotatable bonds is 4. The van der Waals surface area contributed by atoms with Crippen LogP contribution in [0.1, 0.15) is 25.3 Å². The predicted octanol–water partition coefficient (Wildman–Crippen LogP) is 3.24. The second kappa shape index (κ2) is 7.15. The minimum absolute atomic E-state index is 0.0362. The zero-order valence-corrected chi connectivity index (χ0v) is 15.2. The lowest BCUT2D eigenvalue weighted by Gasteiger charge is -2.30. The van der Waals surface area contributed by atoms with Gasteiger partial charge in [0.1, 0.15) is 0 Å². The number of halogens is 1. The van der Waals surface area contributed by atoms with Crippen molar-refractivity contribution in [1.29, 1.82) is 0 Å². The number of hydrogen-bond donors (Lipinski definition) is 1. The van der Waals surface area contributed by atoms with E-state index in [-0.39, 0.29) is 17.5 Å². The molecule has 1 N–H and O–H groups in total. The molecule has 0 unspecified atom stereocenters. The third-order valence-electron chi connectivity index (χ3n) is 3.80. The summed E-state index contributed by atoms with van der Waals surface area (Å²) in [7, 11) is -2.93. The van der Waals surface area contributed by atoms with E-state index < -0.39 is 9.84 Å². The third-order valence-corrected chi connectivity index (χ3v) is 6.29. The Labute approximate surface area is 142 Å². The summed E-state index contributed by atoms with van der Waals surface area (Å²) in [5, 5.41) is 4.42. The average Bonchev–Trinajstić information content (AvgIpc) is 2.80. The van der Waals surface area contributed by atoms with E-state index in [1.165, 1.54) is 0 Å². The zero-order valence-electron chi connectivity index (χ0n) is 12.8. The van der Waals surface area contributed by atoms with E-state index in [2.05, 4.69) is 12.2 Å². The maximum absolute atomic E-state index is 11.7. The fourth-order valence-electron chi connectivity index (χ4n) is 2.58. The van der Waals surface area contributed by atoms with Gasteiger partial charge in [-0.25, -0.2) is 8.42 Å². The topological polar surface area (TPSA) is 49.4 Å². The molecule has 1 atom stereocenters. The molecule has 1 heterocycles. The van der Waals surface area contributed by atoms with Gasteiger partial charge < -0.3 is 10.2 Å². The molecule has 1 aromatic carbocycles. The molecule has 4 nitrogen and oxygen atoms in total. The van der Waals surface area contributed by atoms with Crippen LogP contribution in [0.3, 0.4) is 0 Å². The molecule has 0 radical (unpaired) electrons. The largest absolute Gasteiger partial charge is 0.345 e. The second-order valence-electron chi connectivity index (χ2n) is 5.64. The van der Waals surface area contributed by atoms with Crippen LogP contribution in [0.15, 0.2) is 18.2 Å². The molecule has 0 spiro atoms. The maximum Gasteiger partial charge on any atom is 0.173 e.